The van der Waals surface area contributed by atoms with Gasteiger partial charge in [-0.1, -0.05) is 0 Å². The fraction of sp³-hybridized carbons (Fsp3) is 0.571. The lowest BCUT2D eigenvalue weighted by Gasteiger charge is -2.27. The molecule has 1 aromatic carbocycles. The van der Waals surface area contributed by atoms with Crippen LogP contribution in [0.1, 0.15) is 11.1 Å². The summed E-state index contributed by atoms with van der Waals surface area (Å²) in [4.78, 5) is 2.43. The molecule has 0 radical (unpaired) electrons. The van der Waals surface area contributed by atoms with Crippen LogP contribution in [0.2, 0.25) is 0 Å². The molecule has 0 aromatic heterocycles. The highest BCUT2D eigenvalue weighted by molar-refractivity contribution is 5.48. The Morgan fingerprint density at radius 3 is 2.74 bits per heavy atom. The third kappa shape index (κ3) is 3.00. The minimum Gasteiger partial charge on any atom is -0.454 e. The van der Waals surface area contributed by atoms with Crippen LogP contribution in [0.4, 0.5) is 0 Å². The molecule has 0 unspecified atom stereocenters. The molecule has 0 aliphatic carbocycles. The lowest BCUT2D eigenvalue weighted by atomic mass is 10.1. The summed E-state index contributed by atoms with van der Waals surface area (Å²) < 4.78 is 10.8. The number of hydrogen-bond acceptors (Lipinski definition) is 5. The van der Waals surface area contributed by atoms with Crippen LogP contribution < -0.4 is 20.1 Å². The van der Waals surface area contributed by atoms with Gasteiger partial charge in [0.2, 0.25) is 6.79 Å². The Bertz CT molecular complexity index is 445. The number of ether oxygens (including phenoxy) is 2. The number of nitrogens with one attached hydrogen (secondary N) is 2. The van der Waals surface area contributed by atoms with Gasteiger partial charge in [0.25, 0.3) is 0 Å². The molecule has 1 saturated heterocycles. The Morgan fingerprint density at radius 1 is 1.21 bits per heavy atom. The van der Waals surface area contributed by atoms with Gasteiger partial charge in [0.05, 0.1) is 0 Å². The van der Waals surface area contributed by atoms with Crippen molar-refractivity contribution in [3.8, 4) is 11.5 Å². The molecule has 0 atom stereocenters. The molecule has 0 bridgehead atoms. The molecule has 2 heterocycles. The second-order valence-corrected chi connectivity index (χ2v) is 5.08. The van der Waals surface area contributed by atoms with E-state index in [2.05, 4.69) is 34.6 Å². The minimum absolute atomic E-state index is 0.340. The van der Waals surface area contributed by atoms with Crippen LogP contribution in [0.15, 0.2) is 12.1 Å². The maximum Gasteiger partial charge on any atom is 0.231 e. The van der Waals surface area contributed by atoms with E-state index in [-0.39, 0.29) is 0 Å². The van der Waals surface area contributed by atoms with E-state index in [0.29, 0.717) is 6.79 Å². The lowest BCUT2D eigenvalue weighted by molar-refractivity contribution is 0.174. The van der Waals surface area contributed by atoms with Crippen LogP contribution in [-0.2, 0) is 6.54 Å². The molecule has 19 heavy (non-hydrogen) atoms. The summed E-state index contributed by atoms with van der Waals surface area (Å²) in [6, 6.07) is 4.15. The molecule has 1 fully saturated rings. The highest BCUT2D eigenvalue weighted by atomic mass is 16.7. The summed E-state index contributed by atoms with van der Waals surface area (Å²) in [6.07, 6.45) is 0. The molecule has 0 saturated carbocycles. The molecule has 2 aliphatic rings. The monoisotopic (exact) mass is 263 g/mol. The van der Waals surface area contributed by atoms with Crippen LogP contribution in [-0.4, -0.2) is 44.5 Å². The van der Waals surface area contributed by atoms with E-state index in [1.54, 1.807) is 0 Å². The number of nitrogens with zero attached hydrogens (tertiary/aromatic N) is 1. The Hall–Kier alpha value is -1.30. The van der Waals surface area contributed by atoms with Crippen molar-refractivity contribution in [1.82, 2.24) is 15.5 Å². The zero-order chi connectivity index (χ0) is 13.1. The molecular formula is C14H21N3O2. The smallest absolute Gasteiger partial charge is 0.231 e. The Morgan fingerprint density at radius 2 is 1.95 bits per heavy atom. The second kappa shape index (κ2) is 5.77. The van der Waals surface area contributed by atoms with Crippen molar-refractivity contribution < 1.29 is 9.47 Å². The maximum atomic E-state index is 5.42. The van der Waals surface area contributed by atoms with Crippen molar-refractivity contribution in [2.45, 2.75) is 13.5 Å². The number of aryl methyl sites for hydroxylation is 1. The van der Waals surface area contributed by atoms with Crippen LogP contribution in [0, 0.1) is 6.92 Å². The van der Waals surface area contributed by atoms with Gasteiger partial charge >= 0.3 is 0 Å². The van der Waals surface area contributed by atoms with Crippen molar-refractivity contribution in [1.29, 1.82) is 0 Å². The number of piperazine rings is 1. The van der Waals surface area contributed by atoms with E-state index in [9.17, 15) is 0 Å². The molecule has 1 aromatic rings. The number of hydrogen-bond donors (Lipinski definition) is 2. The summed E-state index contributed by atoms with van der Waals surface area (Å²) in [7, 11) is 0. The molecule has 3 rings (SSSR count). The first-order valence-electron chi connectivity index (χ1n) is 6.86. The zero-order valence-corrected chi connectivity index (χ0v) is 11.4. The predicted molar refractivity (Wildman–Crippen MR) is 73.5 cm³/mol. The molecule has 0 amide bonds. The first kappa shape index (κ1) is 12.7. The summed E-state index contributed by atoms with van der Waals surface area (Å²) >= 11 is 0. The second-order valence-electron chi connectivity index (χ2n) is 5.08. The van der Waals surface area contributed by atoms with E-state index < -0.39 is 0 Å². The minimum atomic E-state index is 0.340. The average Bonchev–Trinajstić information content (AvgIpc) is 2.87. The van der Waals surface area contributed by atoms with Gasteiger partial charge in [0, 0.05) is 39.4 Å². The fourth-order valence-corrected chi connectivity index (χ4v) is 2.49. The van der Waals surface area contributed by atoms with Gasteiger partial charge in [-0.05, 0) is 30.2 Å². The summed E-state index contributed by atoms with van der Waals surface area (Å²) in [6.45, 7) is 8.67. The van der Waals surface area contributed by atoms with Crippen LogP contribution in [0.25, 0.3) is 0 Å². The van der Waals surface area contributed by atoms with Gasteiger partial charge < -0.3 is 20.1 Å². The number of benzene rings is 1. The Labute approximate surface area is 113 Å². The van der Waals surface area contributed by atoms with Crippen LogP contribution >= 0.6 is 0 Å². The van der Waals surface area contributed by atoms with E-state index in [1.807, 2.05) is 0 Å². The van der Waals surface area contributed by atoms with Crippen molar-refractivity contribution in [3.63, 3.8) is 0 Å². The quantitative estimate of drug-likeness (QED) is 0.836. The van der Waals surface area contributed by atoms with Gasteiger partial charge in [0.15, 0.2) is 11.5 Å². The maximum absolute atomic E-state index is 5.42. The van der Waals surface area contributed by atoms with Gasteiger partial charge in [-0.2, -0.15) is 0 Å². The lowest BCUT2D eigenvalue weighted by Crippen LogP contribution is -2.46. The number of rotatable bonds is 4. The van der Waals surface area contributed by atoms with Crippen LogP contribution in [0.3, 0.4) is 0 Å². The van der Waals surface area contributed by atoms with Gasteiger partial charge in [-0.15, -0.1) is 0 Å². The number of fused-ring (bicyclic) bond motifs is 1. The Balaban J connectivity index is 1.54. The molecule has 0 spiro atoms. The van der Waals surface area contributed by atoms with Gasteiger partial charge in [-0.25, -0.2) is 0 Å². The first-order valence-corrected chi connectivity index (χ1v) is 6.86. The van der Waals surface area contributed by atoms with Crippen molar-refractivity contribution in [2.75, 3.05) is 39.6 Å². The average molecular weight is 263 g/mol. The topological polar surface area (TPSA) is 45.8 Å². The van der Waals surface area contributed by atoms with E-state index in [1.165, 1.54) is 11.1 Å². The first-order chi connectivity index (χ1) is 9.33. The largest absolute Gasteiger partial charge is 0.454 e. The third-order valence-electron chi connectivity index (χ3n) is 3.69. The predicted octanol–water partition coefficient (Wildman–Crippen LogP) is 0.676. The van der Waals surface area contributed by atoms with E-state index in [4.69, 9.17) is 9.47 Å². The zero-order valence-electron chi connectivity index (χ0n) is 11.4. The molecule has 5 nitrogen and oxygen atoms in total. The Kier molecular flexibility index (Phi) is 3.87. The normalized spacial score (nSPS) is 18.8. The summed E-state index contributed by atoms with van der Waals surface area (Å²) in [5.41, 5.74) is 2.52. The summed E-state index contributed by atoms with van der Waals surface area (Å²) in [5.74, 6) is 1.73. The molecule has 2 N–H and O–H groups in total. The highest BCUT2D eigenvalue weighted by Crippen LogP contribution is 2.34. The standard InChI is InChI=1S/C14H21N3O2/c1-11-6-13-14(19-10-18-13)7-12(11)8-16-9-17-4-2-15-3-5-17/h6-7,15-16H,2-5,8-10H2,1H3. The van der Waals surface area contributed by atoms with Gasteiger partial charge in [0.1, 0.15) is 0 Å². The van der Waals surface area contributed by atoms with Crippen molar-refractivity contribution in [3.05, 3.63) is 23.3 Å². The SMILES string of the molecule is Cc1cc2c(cc1CNCN1CCNCC1)OCO2. The van der Waals surface area contributed by atoms with Gasteiger partial charge in [-0.3, -0.25) is 4.90 Å². The molecule has 2 aliphatic heterocycles. The van der Waals surface area contributed by atoms with Crippen molar-refractivity contribution in [2.24, 2.45) is 0 Å². The van der Waals surface area contributed by atoms with Crippen molar-refractivity contribution >= 4 is 0 Å². The van der Waals surface area contributed by atoms with E-state index >= 15 is 0 Å². The molecule has 104 valence electrons. The third-order valence-corrected chi connectivity index (χ3v) is 3.69. The fourth-order valence-electron chi connectivity index (χ4n) is 2.49. The van der Waals surface area contributed by atoms with E-state index in [0.717, 1.165) is 50.9 Å². The van der Waals surface area contributed by atoms with Crippen LogP contribution in [0.5, 0.6) is 11.5 Å². The highest BCUT2D eigenvalue weighted by Gasteiger charge is 2.15. The summed E-state index contributed by atoms with van der Waals surface area (Å²) in [5, 5.41) is 6.87. The molecule has 5 heteroatoms. The molecular weight excluding hydrogens is 242 g/mol.